The molecule has 1 aromatic heterocycles. The summed E-state index contributed by atoms with van der Waals surface area (Å²) in [5.41, 5.74) is 10.1. The Bertz CT molecular complexity index is 774. The molecule has 0 saturated heterocycles. The third-order valence-corrected chi connectivity index (χ3v) is 3.68. The van der Waals surface area contributed by atoms with E-state index >= 15 is 0 Å². The minimum absolute atomic E-state index is 0.394. The van der Waals surface area contributed by atoms with Crippen molar-refractivity contribution in [3.8, 4) is 5.75 Å². The fourth-order valence-corrected chi connectivity index (χ4v) is 2.59. The lowest BCUT2D eigenvalue weighted by atomic mass is 10.1. The van der Waals surface area contributed by atoms with E-state index in [1.807, 2.05) is 43.3 Å². The molecule has 108 valence electrons. The number of hydrogen-bond donors (Lipinski definition) is 1. The molecule has 0 aliphatic carbocycles. The molecule has 3 rings (SSSR count). The minimum atomic E-state index is 0.394. The molecule has 3 heteroatoms. The maximum atomic E-state index is 5.90. The van der Waals surface area contributed by atoms with Crippen molar-refractivity contribution in [3.63, 3.8) is 0 Å². The van der Waals surface area contributed by atoms with Gasteiger partial charge in [0.05, 0.1) is 0 Å². The van der Waals surface area contributed by atoms with Crippen molar-refractivity contribution < 1.29 is 9.15 Å². The van der Waals surface area contributed by atoms with Gasteiger partial charge in [-0.25, -0.2) is 0 Å². The van der Waals surface area contributed by atoms with Crippen LogP contribution in [0, 0.1) is 13.8 Å². The number of hydrogen-bond acceptors (Lipinski definition) is 3. The molecule has 0 aliphatic heterocycles. The third kappa shape index (κ3) is 2.65. The lowest BCUT2D eigenvalue weighted by molar-refractivity contribution is 0.271. The second-order valence-corrected chi connectivity index (χ2v) is 5.26. The molecule has 0 radical (unpaired) electrons. The van der Waals surface area contributed by atoms with Gasteiger partial charge < -0.3 is 14.9 Å². The highest BCUT2D eigenvalue weighted by molar-refractivity contribution is 5.82. The number of benzene rings is 2. The summed E-state index contributed by atoms with van der Waals surface area (Å²) in [7, 11) is 0. The molecule has 0 spiro atoms. The van der Waals surface area contributed by atoms with Gasteiger partial charge in [0.15, 0.2) is 0 Å². The molecule has 2 N–H and O–H groups in total. The van der Waals surface area contributed by atoms with Gasteiger partial charge in [-0.15, -0.1) is 0 Å². The molecule has 0 saturated carbocycles. The summed E-state index contributed by atoms with van der Waals surface area (Å²) in [4.78, 5) is 0. The molecule has 0 amide bonds. The van der Waals surface area contributed by atoms with Crippen molar-refractivity contribution in [2.24, 2.45) is 5.73 Å². The molecule has 3 aromatic rings. The fourth-order valence-electron chi connectivity index (χ4n) is 2.59. The van der Waals surface area contributed by atoms with Crippen molar-refractivity contribution in [1.29, 1.82) is 0 Å². The highest BCUT2D eigenvalue weighted by atomic mass is 16.5. The largest absolute Gasteiger partial charge is 0.485 e. The van der Waals surface area contributed by atoms with Crippen LogP contribution in [0.2, 0.25) is 0 Å². The Hall–Kier alpha value is -2.26. The summed E-state index contributed by atoms with van der Waals surface area (Å²) in [6.45, 7) is 4.96. The van der Waals surface area contributed by atoms with Crippen LogP contribution in [0.4, 0.5) is 0 Å². The van der Waals surface area contributed by atoms with Gasteiger partial charge in [0, 0.05) is 17.5 Å². The Morgan fingerprint density at radius 1 is 1.10 bits per heavy atom. The predicted molar refractivity (Wildman–Crippen MR) is 84.4 cm³/mol. The van der Waals surface area contributed by atoms with E-state index in [4.69, 9.17) is 14.9 Å². The van der Waals surface area contributed by atoms with Gasteiger partial charge >= 0.3 is 0 Å². The highest BCUT2D eigenvalue weighted by Gasteiger charge is 2.13. The minimum Gasteiger partial charge on any atom is -0.485 e. The summed E-state index contributed by atoms with van der Waals surface area (Å²) >= 11 is 0. The second kappa shape index (κ2) is 5.62. The zero-order chi connectivity index (χ0) is 14.8. The van der Waals surface area contributed by atoms with E-state index in [2.05, 4.69) is 13.0 Å². The molecule has 1 heterocycles. The van der Waals surface area contributed by atoms with Crippen LogP contribution in [0.3, 0.4) is 0 Å². The lowest BCUT2D eigenvalue weighted by Crippen LogP contribution is -2.03. The van der Waals surface area contributed by atoms with Gasteiger partial charge in [-0.05, 0) is 31.5 Å². The number of para-hydroxylation sites is 1. The van der Waals surface area contributed by atoms with E-state index in [1.54, 1.807) is 0 Å². The first-order valence-corrected chi connectivity index (χ1v) is 7.08. The van der Waals surface area contributed by atoms with E-state index in [9.17, 15) is 0 Å². The molecule has 3 nitrogen and oxygen atoms in total. The number of aryl methyl sites for hydroxylation is 2. The van der Waals surface area contributed by atoms with Gasteiger partial charge in [0.1, 0.15) is 23.7 Å². The second-order valence-electron chi connectivity index (χ2n) is 5.26. The van der Waals surface area contributed by atoms with Crippen LogP contribution in [0.25, 0.3) is 11.0 Å². The highest BCUT2D eigenvalue weighted by Crippen LogP contribution is 2.27. The van der Waals surface area contributed by atoms with Crippen molar-refractivity contribution in [2.75, 3.05) is 0 Å². The number of nitrogens with two attached hydrogens (primary N) is 1. The Morgan fingerprint density at radius 2 is 1.90 bits per heavy atom. The number of fused-ring (bicyclic) bond motifs is 1. The molecular weight excluding hydrogens is 262 g/mol. The standard InChI is InChI=1S/C18H19NO2/c1-12-7-8-16(13(2)9-12)20-11-18-15(10-19)14-5-3-4-6-17(14)21-18/h3-9H,10-11,19H2,1-2H3. The molecule has 0 unspecified atom stereocenters. The first-order valence-electron chi connectivity index (χ1n) is 7.08. The van der Waals surface area contributed by atoms with E-state index in [0.717, 1.165) is 33.6 Å². The maximum absolute atomic E-state index is 5.90. The van der Waals surface area contributed by atoms with Crippen LogP contribution in [-0.2, 0) is 13.2 Å². The molecule has 0 bridgehead atoms. The first kappa shape index (κ1) is 13.7. The molecular formula is C18H19NO2. The van der Waals surface area contributed by atoms with Crippen molar-refractivity contribution in [2.45, 2.75) is 27.0 Å². The molecule has 0 atom stereocenters. The quantitative estimate of drug-likeness (QED) is 0.783. The average Bonchev–Trinajstić information content (AvgIpc) is 2.83. The Kier molecular flexibility index (Phi) is 3.67. The van der Waals surface area contributed by atoms with Gasteiger partial charge in [-0.2, -0.15) is 0 Å². The zero-order valence-electron chi connectivity index (χ0n) is 12.3. The molecule has 0 fully saturated rings. The van der Waals surface area contributed by atoms with Crippen molar-refractivity contribution in [1.82, 2.24) is 0 Å². The average molecular weight is 281 g/mol. The summed E-state index contributed by atoms with van der Waals surface area (Å²) in [6.07, 6.45) is 0. The topological polar surface area (TPSA) is 48.4 Å². The summed E-state index contributed by atoms with van der Waals surface area (Å²) in [6, 6.07) is 14.1. The van der Waals surface area contributed by atoms with Gasteiger partial charge in [0.25, 0.3) is 0 Å². The molecule has 0 aliphatic rings. The monoisotopic (exact) mass is 281 g/mol. The van der Waals surface area contributed by atoms with Crippen LogP contribution >= 0.6 is 0 Å². The van der Waals surface area contributed by atoms with Gasteiger partial charge in [-0.3, -0.25) is 0 Å². The Morgan fingerprint density at radius 3 is 2.67 bits per heavy atom. The normalized spacial score (nSPS) is 11.0. The summed E-state index contributed by atoms with van der Waals surface area (Å²) in [5.74, 6) is 1.68. The fraction of sp³-hybridized carbons (Fsp3) is 0.222. The summed E-state index contributed by atoms with van der Waals surface area (Å²) in [5, 5.41) is 1.07. The number of ether oxygens (including phenoxy) is 1. The van der Waals surface area contributed by atoms with Crippen molar-refractivity contribution >= 4 is 11.0 Å². The SMILES string of the molecule is Cc1ccc(OCc2oc3ccccc3c2CN)c(C)c1. The zero-order valence-corrected chi connectivity index (χ0v) is 12.3. The van der Waals surface area contributed by atoms with Crippen LogP contribution in [0.15, 0.2) is 46.9 Å². The molecule has 2 aromatic carbocycles. The van der Waals surface area contributed by atoms with Gasteiger partial charge in [0.2, 0.25) is 0 Å². The van der Waals surface area contributed by atoms with E-state index in [-0.39, 0.29) is 0 Å². The van der Waals surface area contributed by atoms with Crippen molar-refractivity contribution in [3.05, 3.63) is 64.9 Å². The Balaban J connectivity index is 1.88. The van der Waals surface area contributed by atoms with Gasteiger partial charge in [-0.1, -0.05) is 35.9 Å². The molecule has 21 heavy (non-hydrogen) atoms. The Labute approximate surface area is 124 Å². The number of furan rings is 1. The van der Waals surface area contributed by atoms with Crippen LogP contribution in [-0.4, -0.2) is 0 Å². The number of rotatable bonds is 4. The third-order valence-electron chi connectivity index (χ3n) is 3.68. The smallest absolute Gasteiger partial charge is 0.147 e. The van der Waals surface area contributed by atoms with Crippen LogP contribution in [0.1, 0.15) is 22.5 Å². The van der Waals surface area contributed by atoms with Crippen LogP contribution in [0.5, 0.6) is 5.75 Å². The predicted octanol–water partition coefficient (Wildman–Crippen LogP) is 4.09. The first-order chi connectivity index (χ1) is 10.2. The van der Waals surface area contributed by atoms with E-state index < -0.39 is 0 Å². The van der Waals surface area contributed by atoms with E-state index in [0.29, 0.717) is 13.2 Å². The van der Waals surface area contributed by atoms with E-state index in [1.165, 1.54) is 5.56 Å². The lowest BCUT2D eigenvalue weighted by Gasteiger charge is -2.09. The van der Waals surface area contributed by atoms with Crippen LogP contribution < -0.4 is 10.5 Å². The maximum Gasteiger partial charge on any atom is 0.147 e. The summed E-state index contributed by atoms with van der Waals surface area (Å²) < 4.78 is 11.8.